The molecule has 0 radical (unpaired) electrons. The maximum atomic E-state index is 13.3. The van der Waals surface area contributed by atoms with Crippen molar-refractivity contribution in [1.82, 2.24) is 19.6 Å². The van der Waals surface area contributed by atoms with Crippen LogP contribution in [0, 0.1) is 10.8 Å². The van der Waals surface area contributed by atoms with Crippen LogP contribution < -0.4 is 0 Å². The van der Waals surface area contributed by atoms with Gasteiger partial charge in [0.15, 0.2) is 0 Å². The largest absolute Gasteiger partial charge is 0.456 e. The Morgan fingerprint density at radius 3 is 2.29 bits per heavy atom. The Morgan fingerprint density at radius 2 is 1.66 bits per heavy atom. The van der Waals surface area contributed by atoms with Gasteiger partial charge in [-0.3, -0.25) is 14.3 Å². The minimum absolute atomic E-state index is 0.143. The molecular formula is C27H31F3N4O4. The Balaban J connectivity index is 1.20. The molecule has 5 rings (SSSR count). The van der Waals surface area contributed by atoms with Crippen molar-refractivity contribution in [3.05, 3.63) is 53.3 Å². The molecule has 2 amide bonds. The summed E-state index contributed by atoms with van der Waals surface area (Å²) in [6, 6.07) is 7.07. The fourth-order valence-electron chi connectivity index (χ4n) is 5.43. The molecule has 3 fully saturated rings. The quantitative estimate of drug-likeness (QED) is 0.546. The van der Waals surface area contributed by atoms with Crippen molar-refractivity contribution in [1.29, 1.82) is 0 Å². The van der Waals surface area contributed by atoms with Crippen LogP contribution in [-0.2, 0) is 16.1 Å². The molecule has 11 heteroatoms. The molecule has 3 aliphatic rings. The zero-order valence-corrected chi connectivity index (χ0v) is 21.7. The van der Waals surface area contributed by atoms with Crippen LogP contribution in [0.1, 0.15) is 66.3 Å². The molecule has 2 aliphatic heterocycles. The molecule has 2 aromatic rings. The monoisotopic (exact) mass is 532 g/mol. The fourth-order valence-corrected chi connectivity index (χ4v) is 5.43. The van der Waals surface area contributed by atoms with Gasteiger partial charge in [0, 0.05) is 37.8 Å². The van der Waals surface area contributed by atoms with Crippen molar-refractivity contribution < 1.29 is 32.3 Å². The van der Waals surface area contributed by atoms with Crippen LogP contribution in [0.5, 0.6) is 0 Å². The first-order valence-corrected chi connectivity index (χ1v) is 12.7. The molecule has 3 heterocycles. The summed E-state index contributed by atoms with van der Waals surface area (Å²) >= 11 is 0. The molecule has 8 nitrogen and oxygen atoms in total. The van der Waals surface area contributed by atoms with E-state index >= 15 is 0 Å². The van der Waals surface area contributed by atoms with Gasteiger partial charge in [-0.25, -0.2) is 4.79 Å². The van der Waals surface area contributed by atoms with Crippen LogP contribution in [0.4, 0.5) is 13.2 Å². The lowest BCUT2D eigenvalue weighted by molar-refractivity contribution is -0.204. The SMILES string of the molecule is CC(C)(C)OC(=O)c1ccccc1Cn1cc(C(=O)N2CCC3(C2)CN(C(=O)C2(C(F)(F)F)CC2)C3)cn1. The van der Waals surface area contributed by atoms with Gasteiger partial charge in [0.2, 0.25) is 5.91 Å². The molecule has 0 bridgehead atoms. The van der Waals surface area contributed by atoms with Crippen LogP contribution in [-0.4, -0.2) is 75.3 Å². The predicted molar refractivity (Wildman–Crippen MR) is 130 cm³/mol. The van der Waals surface area contributed by atoms with Crippen molar-refractivity contribution >= 4 is 17.8 Å². The van der Waals surface area contributed by atoms with Gasteiger partial charge in [-0.1, -0.05) is 18.2 Å². The molecule has 0 N–H and O–H groups in total. The number of alkyl halides is 3. The number of likely N-dealkylation sites (tertiary alicyclic amines) is 2. The zero-order chi connectivity index (χ0) is 27.5. The highest BCUT2D eigenvalue weighted by Gasteiger charge is 2.70. The van der Waals surface area contributed by atoms with Crippen molar-refractivity contribution in [2.45, 2.75) is 58.4 Å². The third kappa shape index (κ3) is 4.78. The van der Waals surface area contributed by atoms with Crippen LogP contribution in [0.15, 0.2) is 36.7 Å². The topological polar surface area (TPSA) is 84.7 Å². The number of aromatic nitrogens is 2. The summed E-state index contributed by atoms with van der Waals surface area (Å²) in [7, 11) is 0. The summed E-state index contributed by atoms with van der Waals surface area (Å²) in [6.45, 7) is 7.01. The van der Waals surface area contributed by atoms with E-state index in [4.69, 9.17) is 4.74 Å². The van der Waals surface area contributed by atoms with Gasteiger partial charge in [0.05, 0.1) is 23.9 Å². The van der Waals surface area contributed by atoms with E-state index in [1.54, 1.807) is 54.7 Å². The number of hydrogen-bond donors (Lipinski definition) is 0. The standard InChI is InChI=1S/C27H31F3N4O4/c1-24(2,3)38-22(36)20-7-5-4-6-18(20)13-34-14-19(12-31-34)21(35)32-11-10-25(15-32)16-33(17-25)23(37)26(8-9-26)27(28,29)30/h4-7,12,14H,8-11,13,15-17H2,1-3H3. The number of rotatable bonds is 5. The van der Waals surface area contributed by atoms with Gasteiger partial charge < -0.3 is 14.5 Å². The third-order valence-corrected chi connectivity index (χ3v) is 7.62. The molecule has 1 aliphatic carbocycles. The lowest BCUT2D eigenvalue weighted by atomic mass is 9.78. The van der Waals surface area contributed by atoms with E-state index in [0.717, 1.165) is 0 Å². The number of ether oxygens (including phenoxy) is 1. The highest BCUT2D eigenvalue weighted by atomic mass is 19.4. The minimum atomic E-state index is -4.52. The number of halogens is 3. The summed E-state index contributed by atoms with van der Waals surface area (Å²) in [5.74, 6) is -1.48. The maximum absolute atomic E-state index is 13.3. The normalized spacial score (nSPS) is 19.8. The van der Waals surface area contributed by atoms with Gasteiger partial charge in [0.25, 0.3) is 5.91 Å². The second-order valence-corrected chi connectivity index (χ2v) is 11.8. The van der Waals surface area contributed by atoms with Gasteiger partial charge in [0.1, 0.15) is 11.0 Å². The van der Waals surface area contributed by atoms with Crippen molar-refractivity contribution in [3.63, 3.8) is 0 Å². The molecule has 204 valence electrons. The Morgan fingerprint density at radius 1 is 1.00 bits per heavy atom. The summed E-state index contributed by atoms with van der Waals surface area (Å²) in [5, 5.41) is 4.30. The van der Waals surface area contributed by atoms with Gasteiger partial charge >= 0.3 is 12.1 Å². The maximum Gasteiger partial charge on any atom is 0.403 e. The van der Waals surface area contributed by atoms with Crippen LogP contribution >= 0.6 is 0 Å². The molecule has 1 spiro atoms. The Bertz CT molecular complexity index is 1270. The molecule has 1 aromatic heterocycles. The zero-order valence-electron chi connectivity index (χ0n) is 21.7. The second-order valence-electron chi connectivity index (χ2n) is 11.8. The summed E-state index contributed by atoms with van der Waals surface area (Å²) in [6.07, 6.45) is -1.07. The van der Waals surface area contributed by atoms with E-state index in [1.165, 1.54) is 11.1 Å². The van der Waals surface area contributed by atoms with Crippen LogP contribution in [0.2, 0.25) is 0 Å². The fraction of sp³-hybridized carbons (Fsp3) is 0.556. The highest BCUT2D eigenvalue weighted by Crippen LogP contribution is 2.59. The summed E-state index contributed by atoms with van der Waals surface area (Å²) < 4.78 is 47.1. The van der Waals surface area contributed by atoms with Gasteiger partial charge in [-0.15, -0.1) is 0 Å². The number of carbonyl (C=O) groups is 3. The number of hydrogen-bond acceptors (Lipinski definition) is 5. The van der Waals surface area contributed by atoms with Crippen molar-refractivity contribution in [2.75, 3.05) is 26.2 Å². The van der Waals surface area contributed by atoms with Gasteiger partial charge in [-0.05, 0) is 51.7 Å². The molecule has 38 heavy (non-hydrogen) atoms. The molecule has 0 atom stereocenters. The molecule has 2 saturated heterocycles. The molecular weight excluding hydrogens is 501 g/mol. The van der Waals surface area contributed by atoms with E-state index in [2.05, 4.69) is 5.10 Å². The molecule has 1 aromatic carbocycles. The average Bonchev–Trinajstić information content (AvgIpc) is 3.31. The third-order valence-electron chi connectivity index (χ3n) is 7.62. The van der Waals surface area contributed by atoms with Crippen LogP contribution in [0.25, 0.3) is 0 Å². The molecule has 1 saturated carbocycles. The summed E-state index contributed by atoms with van der Waals surface area (Å²) in [4.78, 5) is 41.3. The first kappa shape index (κ1) is 26.2. The van der Waals surface area contributed by atoms with Gasteiger partial charge in [-0.2, -0.15) is 18.3 Å². The number of nitrogens with zero attached hydrogens (tertiary/aromatic N) is 4. The highest BCUT2D eigenvalue weighted by molar-refractivity contribution is 5.94. The smallest absolute Gasteiger partial charge is 0.403 e. The number of carbonyl (C=O) groups excluding carboxylic acids is 3. The number of amides is 2. The Kier molecular flexibility index (Phi) is 6.11. The van der Waals surface area contributed by atoms with E-state index < -0.39 is 29.1 Å². The number of benzene rings is 1. The average molecular weight is 533 g/mol. The van der Waals surface area contributed by atoms with Crippen LogP contribution in [0.3, 0.4) is 0 Å². The predicted octanol–water partition coefficient (Wildman–Crippen LogP) is 3.90. The first-order valence-electron chi connectivity index (χ1n) is 12.7. The Hall–Kier alpha value is -3.37. The van der Waals surface area contributed by atoms with E-state index in [9.17, 15) is 27.6 Å². The number of esters is 1. The molecule has 0 unspecified atom stereocenters. The summed E-state index contributed by atoms with van der Waals surface area (Å²) in [5.41, 5.74) is -1.66. The van der Waals surface area contributed by atoms with E-state index in [0.29, 0.717) is 36.2 Å². The minimum Gasteiger partial charge on any atom is -0.456 e. The Labute approximate surface area is 218 Å². The second kappa shape index (κ2) is 8.84. The van der Waals surface area contributed by atoms with E-state index in [-0.39, 0.29) is 43.8 Å². The van der Waals surface area contributed by atoms with Crippen molar-refractivity contribution in [2.24, 2.45) is 10.8 Å². The van der Waals surface area contributed by atoms with Crippen molar-refractivity contribution in [3.8, 4) is 0 Å². The lowest BCUT2D eigenvalue weighted by Gasteiger charge is -2.49. The first-order chi connectivity index (χ1) is 17.7. The van der Waals surface area contributed by atoms with E-state index in [1.807, 2.05) is 6.07 Å². The lowest BCUT2D eigenvalue weighted by Crippen LogP contribution is -2.62.